The third-order valence-corrected chi connectivity index (χ3v) is 7.68. The number of nitrogens with zero attached hydrogens (tertiary/aromatic N) is 1. The predicted octanol–water partition coefficient (Wildman–Crippen LogP) is 4.49. The summed E-state index contributed by atoms with van der Waals surface area (Å²) in [5, 5.41) is 3.76. The van der Waals surface area contributed by atoms with Crippen molar-refractivity contribution in [1.29, 1.82) is 0 Å². The van der Waals surface area contributed by atoms with Gasteiger partial charge in [0, 0.05) is 29.2 Å². The maximum Gasteiger partial charge on any atom is 0.243 e. The Morgan fingerprint density at radius 1 is 1.17 bits per heavy atom. The largest absolute Gasteiger partial charge is 0.464 e. The van der Waals surface area contributed by atoms with E-state index in [-0.39, 0.29) is 23.3 Å². The number of rotatable bonds is 5. The van der Waals surface area contributed by atoms with Gasteiger partial charge in [-0.1, -0.05) is 18.6 Å². The molecule has 1 aliphatic heterocycles. The molecule has 7 heteroatoms. The summed E-state index contributed by atoms with van der Waals surface area (Å²) in [7, 11) is -3.52. The lowest BCUT2D eigenvalue weighted by Gasteiger charge is -2.32. The summed E-state index contributed by atoms with van der Waals surface area (Å²) in [4.78, 5) is 12.7. The molecule has 1 fully saturated rings. The van der Waals surface area contributed by atoms with E-state index in [2.05, 4.69) is 5.32 Å². The van der Waals surface area contributed by atoms with Gasteiger partial charge in [0.15, 0.2) is 0 Å². The quantitative estimate of drug-likeness (QED) is 0.652. The Labute approximate surface area is 176 Å². The van der Waals surface area contributed by atoms with Crippen LogP contribution < -0.4 is 5.32 Å². The highest BCUT2D eigenvalue weighted by atomic mass is 32.2. The Bertz CT molecular complexity index is 1170. The SMILES string of the molecule is Cc1ccc2c(CC(=O)Nc3ccc(S(=O)(=O)N4CCCC[C@@H]4C)cc3)coc2c1. The van der Waals surface area contributed by atoms with Crippen molar-refractivity contribution in [2.24, 2.45) is 0 Å². The summed E-state index contributed by atoms with van der Waals surface area (Å²) in [6.45, 7) is 4.50. The maximum atomic E-state index is 12.9. The topological polar surface area (TPSA) is 79.6 Å². The van der Waals surface area contributed by atoms with E-state index in [0.29, 0.717) is 12.2 Å². The lowest BCUT2D eigenvalue weighted by Crippen LogP contribution is -2.41. The van der Waals surface area contributed by atoms with Crippen molar-refractivity contribution < 1.29 is 17.6 Å². The summed E-state index contributed by atoms with van der Waals surface area (Å²) in [5.41, 5.74) is 3.25. The molecule has 0 radical (unpaired) electrons. The molecule has 0 bridgehead atoms. The first kappa shape index (κ1) is 20.6. The van der Waals surface area contributed by atoms with Crippen LogP contribution in [0.4, 0.5) is 5.69 Å². The summed E-state index contributed by atoms with van der Waals surface area (Å²) < 4.78 is 33.0. The zero-order chi connectivity index (χ0) is 21.3. The van der Waals surface area contributed by atoms with Gasteiger partial charge in [-0.2, -0.15) is 4.31 Å². The molecule has 0 aliphatic carbocycles. The first-order chi connectivity index (χ1) is 14.3. The van der Waals surface area contributed by atoms with Crippen LogP contribution in [0.1, 0.15) is 37.3 Å². The second-order valence-corrected chi connectivity index (χ2v) is 9.86. The van der Waals surface area contributed by atoms with Gasteiger partial charge in [-0.05, 0) is 62.6 Å². The third-order valence-electron chi connectivity index (χ3n) is 5.65. The van der Waals surface area contributed by atoms with Crippen molar-refractivity contribution >= 4 is 32.6 Å². The minimum Gasteiger partial charge on any atom is -0.464 e. The number of hydrogen-bond donors (Lipinski definition) is 1. The third kappa shape index (κ3) is 4.13. The number of amides is 1. The number of benzene rings is 2. The highest BCUT2D eigenvalue weighted by Crippen LogP contribution is 2.26. The van der Waals surface area contributed by atoms with Gasteiger partial charge in [-0.3, -0.25) is 4.79 Å². The molecule has 1 amide bonds. The molecule has 2 aromatic carbocycles. The van der Waals surface area contributed by atoms with E-state index in [1.54, 1.807) is 34.8 Å². The zero-order valence-electron chi connectivity index (χ0n) is 17.2. The normalized spacial score (nSPS) is 17.9. The van der Waals surface area contributed by atoms with E-state index < -0.39 is 10.0 Å². The summed E-state index contributed by atoms with van der Waals surface area (Å²) in [6.07, 6.45) is 4.62. The van der Waals surface area contributed by atoms with Gasteiger partial charge in [0.25, 0.3) is 0 Å². The first-order valence-corrected chi connectivity index (χ1v) is 11.7. The molecule has 6 nitrogen and oxygen atoms in total. The number of fused-ring (bicyclic) bond motifs is 1. The van der Waals surface area contributed by atoms with E-state index >= 15 is 0 Å². The molecular formula is C23H26N2O4S. The molecule has 4 rings (SSSR count). The molecule has 1 N–H and O–H groups in total. The highest BCUT2D eigenvalue weighted by molar-refractivity contribution is 7.89. The molecule has 158 valence electrons. The molecule has 1 atom stereocenters. The monoisotopic (exact) mass is 426 g/mol. The number of sulfonamides is 1. The van der Waals surface area contributed by atoms with Gasteiger partial charge in [-0.25, -0.2) is 8.42 Å². The zero-order valence-corrected chi connectivity index (χ0v) is 18.0. The van der Waals surface area contributed by atoms with Crippen LogP contribution in [-0.4, -0.2) is 31.2 Å². The Morgan fingerprint density at radius 3 is 2.67 bits per heavy atom. The van der Waals surface area contributed by atoms with Crippen LogP contribution in [0.3, 0.4) is 0 Å². The average Bonchev–Trinajstić information content (AvgIpc) is 3.10. The van der Waals surface area contributed by atoms with Crippen LogP contribution in [0.5, 0.6) is 0 Å². The molecule has 0 spiro atoms. The van der Waals surface area contributed by atoms with Gasteiger partial charge in [0.05, 0.1) is 17.6 Å². The average molecular weight is 427 g/mol. The first-order valence-electron chi connectivity index (χ1n) is 10.2. The van der Waals surface area contributed by atoms with Crippen molar-refractivity contribution in [3.8, 4) is 0 Å². The number of anilines is 1. The summed E-state index contributed by atoms with van der Waals surface area (Å²) in [5.74, 6) is -0.182. The number of hydrogen-bond acceptors (Lipinski definition) is 4. The molecule has 3 aromatic rings. The van der Waals surface area contributed by atoms with Crippen LogP contribution in [0.25, 0.3) is 11.0 Å². The van der Waals surface area contributed by atoms with E-state index in [1.165, 1.54) is 0 Å². The molecule has 0 unspecified atom stereocenters. The number of aryl methyl sites for hydroxylation is 1. The Hall–Kier alpha value is -2.64. The lowest BCUT2D eigenvalue weighted by molar-refractivity contribution is -0.115. The van der Waals surface area contributed by atoms with Gasteiger partial charge < -0.3 is 9.73 Å². The van der Waals surface area contributed by atoms with E-state index in [1.807, 2.05) is 32.0 Å². The van der Waals surface area contributed by atoms with Crippen molar-refractivity contribution in [3.05, 3.63) is 59.9 Å². The van der Waals surface area contributed by atoms with Crippen molar-refractivity contribution in [2.45, 2.75) is 50.5 Å². The van der Waals surface area contributed by atoms with Crippen LogP contribution in [0, 0.1) is 6.92 Å². The van der Waals surface area contributed by atoms with Crippen LogP contribution in [0.2, 0.25) is 0 Å². The number of nitrogens with one attached hydrogen (secondary N) is 1. The van der Waals surface area contributed by atoms with Crippen molar-refractivity contribution in [3.63, 3.8) is 0 Å². The van der Waals surface area contributed by atoms with E-state index in [0.717, 1.165) is 41.4 Å². The Kier molecular flexibility index (Phi) is 5.66. The van der Waals surface area contributed by atoms with Gasteiger partial charge >= 0.3 is 0 Å². The second kappa shape index (κ2) is 8.24. The van der Waals surface area contributed by atoms with Crippen molar-refractivity contribution in [2.75, 3.05) is 11.9 Å². The summed E-state index contributed by atoms with van der Waals surface area (Å²) in [6, 6.07) is 12.3. The maximum absolute atomic E-state index is 12.9. The molecule has 2 heterocycles. The predicted molar refractivity (Wildman–Crippen MR) is 117 cm³/mol. The van der Waals surface area contributed by atoms with Crippen LogP contribution >= 0.6 is 0 Å². The number of carbonyl (C=O) groups excluding carboxylic acids is 1. The smallest absolute Gasteiger partial charge is 0.243 e. The molecular weight excluding hydrogens is 400 g/mol. The number of furan rings is 1. The van der Waals surface area contributed by atoms with Gasteiger partial charge in [0.2, 0.25) is 15.9 Å². The minimum atomic E-state index is -3.52. The Balaban J connectivity index is 1.44. The fourth-order valence-corrected chi connectivity index (χ4v) is 5.68. The molecule has 1 saturated heterocycles. The second-order valence-electron chi connectivity index (χ2n) is 7.97. The minimum absolute atomic E-state index is 0.0108. The fourth-order valence-electron chi connectivity index (χ4n) is 3.98. The van der Waals surface area contributed by atoms with E-state index in [9.17, 15) is 13.2 Å². The van der Waals surface area contributed by atoms with Gasteiger partial charge in [-0.15, -0.1) is 0 Å². The molecule has 1 aliphatic rings. The van der Waals surface area contributed by atoms with Crippen LogP contribution in [-0.2, 0) is 21.2 Å². The number of piperidine rings is 1. The Morgan fingerprint density at radius 2 is 1.93 bits per heavy atom. The highest BCUT2D eigenvalue weighted by Gasteiger charge is 2.30. The fraction of sp³-hybridized carbons (Fsp3) is 0.348. The molecule has 0 saturated carbocycles. The molecule has 30 heavy (non-hydrogen) atoms. The molecule has 1 aromatic heterocycles. The number of carbonyl (C=O) groups is 1. The summed E-state index contributed by atoms with van der Waals surface area (Å²) >= 11 is 0. The lowest BCUT2D eigenvalue weighted by atomic mass is 10.1. The van der Waals surface area contributed by atoms with Crippen LogP contribution in [0.15, 0.2) is 58.0 Å². The van der Waals surface area contributed by atoms with Crippen molar-refractivity contribution in [1.82, 2.24) is 4.31 Å². The van der Waals surface area contributed by atoms with Gasteiger partial charge in [0.1, 0.15) is 5.58 Å². The standard InChI is InChI=1S/C23H26N2O4S/c1-16-6-11-21-18(15-29-22(21)13-16)14-23(26)24-19-7-9-20(10-8-19)30(27,28)25-12-4-3-5-17(25)2/h6-11,13,15,17H,3-5,12,14H2,1-2H3,(H,24,26)/t17-/m0/s1. The van der Waals surface area contributed by atoms with E-state index in [4.69, 9.17) is 4.42 Å².